The largest absolute Gasteiger partial charge is 0.457 e. The van der Waals surface area contributed by atoms with Gasteiger partial charge in [0.25, 0.3) is 11.8 Å². The molecule has 0 aliphatic heterocycles. The van der Waals surface area contributed by atoms with Crippen molar-refractivity contribution >= 4 is 57.2 Å². The van der Waals surface area contributed by atoms with Gasteiger partial charge in [-0.2, -0.15) is 26.3 Å². The van der Waals surface area contributed by atoms with Crippen molar-refractivity contribution in [2.45, 2.75) is 12.4 Å². The summed E-state index contributed by atoms with van der Waals surface area (Å²) in [5.74, 6) is -0.998. The van der Waals surface area contributed by atoms with Gasteiger partial charge in [-0.05, 0) is 42.5 Å². The molecule has 0 saturated carbocycles. The van der Waals surface area contributed by atoms with Gasteiger partial charge in [0.05, 0.1) is 22.2 Å². The van der Waals surface area contributed by atoms with Crippen LogP contribution in [-0.2, 0) is 12.4 Å². The Hall–Kier alpha value is -7.52. The van der Waals surface area contributed by atoms with Gasteiger partial charge in [-0.15, -0.1) is 0 Å². The van der Waals surface area contributed by atoms with E-state index < -0.39 is 35.3 Å². The molecule has 22 heteroatoms. The van der Waals surface area contributed by atoms with E-state index in [1.54, 1.807) is 0 Å². The normalized spacial score (nSPS) is 12.2. The molecule has 0 bridgehead atoms. The molecule has 0 radical (unpaired) electrons. The maximum Gasteiger partial charge on any atom is 0.417 e. The Morgan fingerprint density at radius 1 is 0.661 bits per heavy atom. The number of amides is 2. The van der Waals surface area contributed by atoms with Crippen molar-refractivity contribution in [3.63, 3.8) is 0 Å². The van der Waals surface area contributed by atoms with Gasteiger partial charge < -0.3 is 42.4 Å². The summed E-state index contributed by atoms with van der Waals surface area (Å²) in [6, 6.07) is 12.1. The molecule has 12 N–H and O–H groups in total. The molecule has 2 amide bonds. The molecule has 6 aromatic rings. The molecule has 4 heterocycles. The zero-order chi connectivity index (χ0) is 40.9. The summed E-state index contributed by atoms with van der Waals surface area (Å²) in [5.41, 5.74) is 19.9. The first-order chi connectivity index (χ1) is 26.4. The number of aliphatic imine (C=N–C) groups is 2. The van der Waals surface area contributed by atoms with Crippen LogP contribution >= 0.6 is 0 Å². The number of aromatic nitrogens is 4. The monoisotopic (exact) mass is 784 g/mol. The lowest BCUT2D eigenvalue weighted by Gasteiger charge is -2.12. The maximum atomic E-state index is 13.5. The Balaban J connectivity index is 0.000000214. The third kappa shape index (κ3) is 9.34. The minimum absolute atomic E-state index is 0.0117. The summed E-state index contributed by atoms with van der Waals surface area (Å²) in [5, 5.41) is 4.08. The van der Waals surface area contributed by atoms with Crippen LogP contribution in [0.1, 0.15) is 32.1 Å². The Morgan fingerprint density at radius 3 is 1.70 bits per heavy atom. The number of pyridine rings is 2. The third-order valence-electron chi connectivity index (χ3n) is 7.50. The summed E-state index contributed by atoms with van der Waals surface area (Å²) in [6.45, 7) is 0. The molecule has 0 atom stereocenters. The second kappa shape index (κ2) is 15.8. The van der Waals surface area contributed by atoms with Gasteiger partial charge in [-0.1, -0.05) is 0 Å². The number of ether oxygens (including phenoxy) is 2. The fraction of sp³-hybridized carbons (Fsp3) is 0.118. The molecule has 56 heavy (non-hydrogen) atoms. The van der Waals surface area contributed by atoms with Gasteiger partial charge in [0.2, 0.25) is 0 Å². The average Bonchev–Trinajstić information content (AvgIpc) is 3.77. The smallest absolute Gasteiger partial charge is 0.417 e. The van der Waals surface area contributed by atoms with E-state index in [1.165, 1.54) is 56.8 Å². The number of carbonyl (C=O) groups excluding carboxylic acids is 2. The number of nitrogens with two attached hydrogens (primary N) is 4. The van der Waals surface area contributed by atoms with Crippen LogP contribution in [0.4, 0.5) is 38.0 Å². The SMILES string of the molecule is CN=C(N)NC(=O)c1cc2c(C(F)(F)F)cc(Oc3ccnc(N)c3)cc2[nH]1.CN=C(N)NC(=O)c1cc2c(C(F)(F)F)ccc(Oc3ccnc(N)c3)c2[nH]1. The van der Waals surface area contributed by atoms with Crippen molar-refractivity contribution in [1.82, 2.24) is 30.6 Å². The van der Waals surface area contributed by atoms with Gasteiger partial charge in [0.1, 0.15) is 40.3 Å². The zero-order valence-electron chi connectivity index (χ0n) is 28.9. The highest BCUT2D eigenvalue weighted by Crippen LogP contribution is 2.41. The molecule has 0 aliphatic carbocycles. The number of nitrogens with zero attached hydrogens (tertiary/aromatic N) is 4. The second-order valence-electron chi connectivity index (χ2n) is 11.4. The van der Waals surface area contributed by atoms with Gasteiger partial charge in [-0.25, -0.2) is 9.97 Å². The lowest BCUT2D eigenvalue weighted by atomic mass is 10.1. The predicted molar refractivity (Wildman–Crippen MR) is 194 cm³/mol. The summed E-state index contributed by atoms with van der Waals surface area (Å²) < 4.78 is 91.9. The molecule has 0 fully saturated rings. The van der Waals surface area contributed by atoms with Crippen LogP contribution in [0.15, 0.2) is 83.0 Å². The highest BCUT2D eigenvalue weighted by Gasteiger charge is 2.35. The van der Waals surface area contributed by atoms with Crippen molar-refractivity contribution in [2.75, 3.05) is 25.6 Å². The first-order valence-electron chi connectivity index (χ1n) is 15.7. The molecule has 6 rings (SSSR count). The number of fused-ring (bicyclic) bond motifs is 2. The molecule has 2 aromatic carbocycles. The van der Waals surface area contributed by atoms with E-state index in [2.05, 4.69) is 40.6 Å². The maximum absolute atomic E-state index is 13.5. The number of benzene rings is 2. The van der Waals surface area contributed by atoms with Crippen molar-refractivity contribution in [3.05, 3.63) is 95.6 Å². The van der Waals surface area contributed by atoms with E-state index in [9.17, 15) is 35.9 Å². The van der Waals surface area contributed by atoms with Crippen LogP contribution < -0.4 is 43.0 Å². The minimum atomic E-state index is -4.67. The first-order valence-corrected chi connectivity index (χ1v) is 15.7. The second-order valence-corrected chi connectivity index (χ2v) is 11.4. The fourth-order valence-electron chi connectivity index (χ4n) is 5.00. The number of rotatable bonds is 6. The number of H-pyrrole nitrogens is 2. The number of alkyl halides is 6. The number of hydrogen-bond acceptors (Lipinski definition) is 10. The molecular formula is C34H30F6N12O4. The lowest BCUT2D eigenvalue weighted by Crippen LogP contribution is -2.36. The topological polar surface area (TPSA) is 263 Å². The number of hydrogen-bond donors (Lipinski definition) is 8. The Morgan fingerprint density at radius 2 is 1.18 bits per heavy atom. The molecule has 0 spiro atoms. The standard InChI is InChI=1S/2C17H15F3N6O2/c1-23-16(22)26-15(27)13-7-10-11(17(18,19)20)4-9(5-12(10)25-13)28-8-2-3-24-14(21)6-8;1-23-16(22)26-15(27)11-7-9-10(17(18,19)20)2-3-12(14(9)25-11)28-8-4-5-24-13(21)6-8/h2*2-7,25H,1H3,(H2,21,24)(H3,22,23,26,27). The molecule has 4 aromatic heterocycles. The molecule has 0 saturated heterocycles. The van der Waals surface area contributed by atoms with Crippen LogP contribution in [0.3, 0.4) is 0 Å². The third-order valence-corrected chi connectivity index (χ3v) is 7.50. The van der Waals surface area contributed by atoms with Gasteiger partial charge in [-0.3, -0.25) is 30.2 Å². The van der Waals surface area contributed by atoms with Crippen LogP contribution in [-0.4, -0.2) is 57.8 Å². The van der Waals surface area contributed by atoms with E-state index in [-0.39, 0.29) is 79.7 Å². The van der Waals surface area contributed by atoms with E-state index in [1.807, 2.05) is 0 Å². The van der Waals surface area contributed by atoms with Crippen molar-refractivity contribution in [3.8, 4) is 23.0 Å². The number of anilines is 2. The van der Waals surface area contributed by atoms with Gasteiger partial charge in [0.15, 0.2) is 17.7 Å². The van der Waals surface area contributed by atoms with Gasteiger partial charge >= 0.3 is 12.4 Å². The highest BCUT2D eigenvalue weighted by molar-refractivity contribution is 6.08. The molecule has 0 unspecified atom stereocenters. The number of nitrogens with one attached hydrogen (secondary N) is 4. The minimum Gasteiger partial charge on any atom is -0.457 e. The number of aromatic amines is 2. The number of nitrogen functional groups attached to an aromatic ring is 2. The lowest BCUT2D eigenvalue weighted by molar-refractivity contribution is -0.137. The fourth-order valence-corrected chi connectivity index (χ4v) is 5.00. The molecular weight excluding hydrogens is 754 g/mol. The Kier molecular flexibility index (Phi) is 11.2. The number of carbonyl (C=O) groups is 2. The highest BCUT2D eigenvalue weighted by atomic mass is 19.4. The molecule has 292 valence electrons. The van der Waals surface area contributed by atoms with Crippen LogP contribution in [0.2, 0.25) is 0 Å². The van der Waals surface area contributed by atoms with E-state index in [0.29, 0.717) is 0 Å². The predicted octanol–water partition coefficient (Wildman–Crippen LogP) is 5.26. The average molecular weight is 785 g/mol. The summed E-state index contributed by atoms with van der Waals surface area (Å²) in [7, 11) is 2.72. The molecule has 16 nitrogen and oxygen atoms in total. The van der Waals surface area contributed by atoms with Gasteiger partial charge in [0, 0.05) is 55.5 Å². The Labute approximate surface area is 311 Å². The first kappa shape index (κ1) is 39.7. The van der Waals surface area contributed by atoms with Crippen molar-refractivity contribution in [1.29, 1.82) is 0 Å². The number of halogens is 6. The van der Waals surface area contributed by atoms with Crippen LogP contribution in [0.25, 0.3) is 21.8 Å². The van der Waals surface area contributed by atoms with Crippen LogP contribution in [0, 0.1) is 0 Å². The summed E-state index contributed by atoms with van der Waals surface area (Å²) in [6.07, 6.45) is -6.54. The quantitative estimate of drug-likeness (QED) is 0.0617. The molecule has 0 aliphatic rings. The summed E-state index contributed by atoms with van der Waals surface area (Å²) >= 11 is 0. The van der Waals surface area contributed by atoms with E-state index in [0.717, 1.165) is 30.3 Å². The van der Waals surface area contributed by atoms with Crippen molar-refractivity contribution in [2.24, 2.45) is 21.5 Å². The number of guanidine groups is 2. The van der Waals surface area contributed by atoms with Crippen molar-refractivity contribution < 1.29 is 45.4 Å². The zero-order valence-corrected chi connectivity index (χ0v) is 28.9. The van der Waals surface area contributed by atoms with E-state index in [4.69, 9.17) is 32.4 Å². The summed E-state index contributed by atoms with van der Waals surface area (Å²) in [4.78, 5) is 44.4. The van der Waals surface area contributed by atoms with E-state index >= 15 is 0 Å². The van der Waals surface area contributed by atoms with Crippen LogP contribution in [0.5, 0.6) is 23.0 Å². The Bertz CT molecular complexity index is 2490.